The van der Waals surface area contributed by atoms with E-state index >= 15 is 0 Å². The van der Waals surface area contributed by atoms with Crippen LogP contribution in [0.5, 0.6) is 11.5 Å². The van der Waals surface area contributed by atoms with Crippen LogP contribution in [0.25, 0.3) is 0 Å². The lowest BCUT2D eigenvalue weighted by Crippen LogP contribution is -2.37. The van der Waals surface area contributed by atoms with Gasteiger partial charge in [-0.2, -0.15) is 0 Å². The minimum atomic E-state index is -0.728. The Labute approximate surface area is 193 Å². The molecule has 1 saturated heterocycles. The minimum Gasteiger partial charge on any atom is -0.497 e. The summed E-state index contributed by atoms with van der Waals surface area (Å²) < 4.78 is 25.6. The van der Waals surface area contributed by atoms with E-state index in [9.17, 15) is 0 Å². The maximum atomic E-state index is 6.39. The van der Waals surface area contributed by atoms with Gasteiger partial charge in [0.15, 0.2) is 5.79 Å². The zero-order valence-corrected chi connectivity index (χ0v) is 18.8. The summed E-state index contributed by atoms with van der Waals surface area (Å²) in [5.41, 5.74) is 1.19. The van der Waals surface area contributed by atoms with E-state index < -0.39 is 5.79 Å². The summed E-state index contributed by atoms with van der Waals surface area (Å²) in [5.74, 6) is 0.839. The summed E-state index contributed by atoms with van der Waals surface area (Å²) in [6, 6.07) is 15.4. The molecule has 3 aromatic rings. The fourth-order valence-corrected chi connectivity index (χ4v) is 3.62. The van der Waals surface area contributed by atoms with Crippen molar-refractivity contribution < 1.29 is 18.9 Å². The quantitative estimate of drug-likeness (QED) is 0.455. The molecule has 1 fully saturated rings. The highest BCUT2D eigenvalue weighted by molar-refractivity contribution is 6.30. The highest BCUT2D eigenvalue weighted by Crippen LogP contribution is 2.31. The van der Waals surface area contributed by atoms with Crippen LogP contribution in [0, 0.1) is 0 Å². The maximum absolute atomic E-state index is 6.39. The fourth-order valence-electron chi connectivity index (χ4n) is 3.50. The molecule has 0 aliphatic carbocycles. The number of benzene rings is 2. The van der Waals surface area contributed by atoms with Crippen molar-refractivity contribution >= 4 is 24.0 Å². The standard InChI is InChI=1S/C23H25ClN2O4.ClH/c1-27-20-6-8-21(9-7-20)28-14-22-15-29-23(30-22,16-26-13-12-25-17-26)11-10-18-2-4-19(24)5-3-18;/h2-9,12-13,17,22H,10-11,14-16H2,1H3;1H/t22-,23+;/m0./s1. The van der Waals surface area contributed by atoms with Crippen LogP contribution in [0.15, 0.2) is 67.3 Å². The Morgan fingerprint density at radius 2 is 1.87 bits per heavy atom. The van der Waals surface area contributed by atoms with Gasteiger partial charge in [-0.1, -0.05) is 23.7 Å². The number of aryl methyl sites for hydroxylation is 1. The minimum absolute atomic E-state index is 0. The molecule has 2 heterocycles. The Hall–Kier alpha value is -2.25. The molecule has 1 aliphatic rings. The molecule has 31 heavy (non-hydrogen) atoms. The Morgan fingerprint density at radius 1 is 1.13 bits per heavy atom. The Bertz CT molecular complexity index is 920. The molecular weight excluding hydrogens is 439 g/mol. The Kier molecular flexibility index (Phi) is 8.21. The normalized spacial score (nSPS) is 20.3. The van der Waals surface area contributed by atoms with Gasteiger partial charge < -0.3 is 23.5 Å². The summed E-state index contributed by atoms with van der Waals surface area (Å²) in [5, 5.41) is 0.732. The molecule has 2 atom stereocenters. The fraction of sp³-hybridized carbons (Fsp3) is 0.348. The number of ether oxygens (including phenoxy) is 4. The number of rotatable bonds is 9. The number of imidazole rings is 1. The van der Waals surface area contributed by atoms with Crippen LogP contribution in [-0.2, 0) is 22.4 Å². The molecule has 4 rings (SSSR count). The Morgan fingerprint density at radius 3 is 2.55 bits per heavy atom. The molecule has 0 spiro atoms. The van der Waals surface area contributed by atoms with Crippen LogP contribution in [0.3, 0.4) is 0 Å². The summed E-state index contributed by atoms with van der Waals surface area (Å²) in [6.45, 7) is 1.46. The topological polar surface area (TPSA) is 54.7 Å². The van der Waals surface area contributed by atoms with E-state index in [2.05, 4.69) is 4.98 Å². The molecule has 0 unspecified atom stereocenters. The molecule has 1 aliphatic heterocycles. The number of hydrogen-bond donors (Lipinski definition) is 0. The lowest BCUT2D eigenvalue weighted by molar-refractivity contribution is -0.184. The molecular formula is C23H26Cl2N2O4. The lowest BCUT2D eigenvalue weighted by Gasteiger charge is -2.28. The summed E-state index contributed by atoms with van der Waals surface area (Å²) >= 11 is 6.00. The van der Waals surface area contributed by atoms with Crippen LogP contribution < -0.4 is 9.47 Å². The van der Waals surface area contributed by atoms with Gasteiger partial charge in [-0.3, -0.25) is 0 Å². The number of methoxy groups -OCH3 is 1. The van der Waals surface area contributed by atoms with E-state index in [1.54, 1.807) is 19.6 Å². The molecule has 0 bridgehead atoms. The average molecular weight is 465 g/mol. The molecule has 0 N–H and O–H groups in total. The molecule has 2 aromatic carbocycles. The van der Waals surface area contributed by atoms with E-state index in [1.165, 1.54) is 5.56 Å². The molecule has 1 aromatic heterocycles. The summed E-state index contributed by atoms with van der Waals surface area (Å²) in [7, 11) is 1.64. The van der Waals surface area contributed by atoms with Gasteiger partial charge in [0, 0.05) is 23.8 Å². The summed E-state index contributed by atoms with van der Waals surface area (Å²) in [4.78, 5) is 4.13. The van der Waals surface area contributed by atoms with Crippen molar-refractivity contribution in [3.8, 4) is 11.5 Å². The van der Waals surface area contributed by atoms with Gasteiger partial charge in [-0.05, 0) is 48.4 Å². The van der Waals surface area contributed by atoms with Gasteiger partial charge in [-0.25, -0.2) is 4.98 Å². The summed E-state index contributed by atoms with van der Waals surface area (Å²) in [6.07, 6.45) is 6.83. The third-order valence-electron chi connectivity index (χ3n) is 5.10. The number of hydrogen-bond acceptors (Lipinski definition) is 5. The van der Waals surface area contributed by atoms with E-state index in [0.717, 1.165) is 22.9 Å². The second-order valence-electron chi connectivity index (χ2n) is 7.31. The van der Waals surface area contributed by atoms with Gasteiger partial charge in [0.1, 0.15) is 24.2 Å². The van der Waals surface area contributed by atoms with E-state index in [-0.39, 0.29) is 18.5 Å². The van der Waals surface area contributed by atoms with Crippen molar-refractivity contribution in [1.29, 1.82) is 0 Å². The molecule has 0 amide bonds. The van der Waals surface area contributed by atoms with Gasteiger partial charge in [0.05, 0.1) is 26.6 Å². The van der Waals surface area contributed by atoms with Crippen LogP contribution >= 0.6 is 24.0 Å². The molecule has 8 heteroatoms. The first-order valence-corrected chi connectivity index (χ1v) is 10.3. The smallest absolute Gasteiger partial charge is 0.187 e. The van der Waals surface area contributed by atoms with Crippen molar-refractivity contribution in [3.63, 3.8) is 0 Å². The van der Waals surface area contributed by atoms with Crippen LogP contribution in [-0.4, -0.2) is 41.8 Å². The van der Waals surface area contributed by atoms with Crippen molar-refractivity contribution in [2.24, 2.45) is 0 Å². The predicted molar refractivity (Wildman–Crippen MR) is 121 cm³/mol. The highest BCUT2D eigenvalue weighted by atomic mass is 35.5. The second-order valence-corrected chi connectivity index (χ2v) is 7.75. The van der Waals surface area contributed by atoms with Gasteiger partial charge in [-0.15, -0.1) is 12.4 Å². The van der Waals surface area contributed by atoms with Crippen molar-refractivity contribution in [2.45, 2.75) is 31.3 Å². The SMILES string of the molecule is COc1ccc(OC[C@H]2CO[C@@](CCc3ccc(Cl)cc3)(Cn3ccnc3)O2)cc1.Cl. The molecule has 0 radical (unpaired) electrons. The number of aromatic nitrogens is 2. The van der Waals surface area contributed by atoms with Crippen LogP contribution in [0.4, 0.5) is 0 Å². The van der Waals surface area contributed by atoms with E-state index in [4.69, 9.17) is 30.5 Å². The Balaban J connectivity index is 0.00000272. The third-order valence-corrected chi connectivity index (χ3v) is 5.35. The van der Waals surface area contributed by atoms with Crippen LogP contribution in [0.1, 0.15) is 12.0 Å². The zero-order valence-electron chi connectivity index (χ0n) is 17.3. The van der Waals surface area contributed by atoms with Crippen LogP contribution in [0.2, 0.25) is 5.02 Å². The number of nitrogens with zero attached hydrogens (tertiary/aromatic N) is 2. The third kappa shape index (κ3) is 6.37. The first kappa shape index (κ1) is 23.4. The van der Waals surface area contributed by atoms with Gasteiger partial charge in [0.2, 0.25) is 0 Å². The highest BCUT2D eigenvalue weighted by Gasteiger charge is 2.42. The second kappa shape index (κ2) is 10.9. The monoisotopic (exact) mass is 464 g/mol. The molecule has 6 nitrogen and oxygen atoms in total. The largest absolute Gasteiger partial charge is 0.497 e. The lowest BCUT2D eigenvalue weighted by atomic mass is 10.0. The van der Waals surface area contributed by atoms with E-state index in [0.29, 0.717) is 26.2 Å². The first-order valence-electron chi connectivity index (χ1n) is 9.93. The molecule has 0 saturated carbocycles. The van der Waals surface area contributed by atoms with Crippen molar-refractivity contribution in [1.82, 2.24) is 9.55 Å². The number of halogens is 2. The maximum Gasteiger partial charge on any atom is 0.187 e. The van der Waals surface area contributed by atoms with Gasteiger partial charge in [0.25, 0.3) is 0 Å². The zero-order chi connectivity index (χ0) is 20.8. The van der Waals surface area contributed by atoms with Gasteiger partial charge >= 0.3 is 0 Å². The predicted octanol–water partition coefficient (Wildman–Crippen LogP) is 4.79. The first-order chi connectivity index (χ1) is 14.6. The van der Waals surface area contributed by atoms with Crippen molar-refractivity contribution in [3.05, 3.63) is 77.8 Å². The van der Waals surface area contributed by atoms with Crippen molar-refractivity contribution in [2.75, 3.05) is 20.3 Å². The average Bonchev–Trinajstić information content (AvgIpc) is 3.43. The molecule has 166 valence electrons. The van der Waals surface area contributed by atoms with E-state index in [1.807, 2.05) is 59.3 Å².